The summed E-state index contributed by atoms with van der Waals surface area (Å²) < 4.78 is 6.27. The molecule has 13 heteroatoms. The molecule has 0 bridgehead atoms. The number of aliphatic hydroxyl groups excluding tert-OH is 5. The number of carbonyl (C=O) groups is 2. The van der Waals surface area contributed by atoms with Crippen LogP contribution in [0.25, 0.3) is 11.1 Å². The van der Waals surface area contributed by atoms with E-state index in [1.54, 1.807) is 6.92 Å². The second-order valence-corrected chi connectivity index (χ2v) is 15.1. The molecule has 2 aromatic carbocycles. The van der Waals surface area contributed by atoms with Crippen LogP contribution in [0.15, 0.2) is 60.9 Å². The van der Waals surface area contributed by atoms with Crippen LogP contribution in [-0.2, 0) is 21.7 Å². The molecular formula is C41H55ClN4O8. The number of pyridine rings is 1. The van der Waals surface area contributed by atoms with Crippen LogP contribution in [0.2, 0.25) is 5.02 Å². The van der Waals surface area contributed by atoms with E-state index in [2.05, 4.69) is 40.7 Å². The van der Waals surface area contributed by atoms with Gasteiger partial charge in [-0.25, -0.2) is 0 Å². The Kier molecular flexibility index (Phi) is 14.8. The number of amides is 2. The van der Waals surface area contributed by atoms with Gasteiger partial charge >= 0.3 is 0 Å². The first-order valence-electron chi connectivity index (χ1n) is 19.1. The maximum Gasteiger partial charge on any atom is 0.222 e. The highest BCUT2D eigenvalue weighted by Crippen LogP contribution is 2.50. The molecule has 0 saturated heterocycles. The zero-order valence-electron chi connectivity index (χ0n) is 31.2. The zero-order valence-corrected chi connectivity index (χ0v) is 31.9. The summed E-state index contributed by atoms with van der Waals surface area (Å²) in [7, 11) is 0. The van der Waals surface area contributed by atoms with Crippen molar-refractivity contribution >= 4 is 23.4 Å². The van der Waals surface area contributed by atoms with E-state index >= 15 is 0 Å². The minimum atomic E-state index is -1.82. The number of benzene rings is 2. The van der Waals surface area contributed by atoms with Crippen molar-refractivity contribution in [2.75, 3.05) is 26.2 Å². The summed E-state index contributed by atoms with van der Waals surface area (Å²) >= 11 is 6.73. The van der Waals surface area contributed by atoms with Crippen molar-refractivity contribution in [2.45, 2.75) is 114 Å². The van der Waals surface area contributed by atoms with Gasteiger partial charge in [0.15, 0.2) is 0 Å². The van der Waals surface area contributed by atoms with E-state index in [0.717, 1.165) is 59.3 Å². The number of hydrogen-bond donors (Lipinski definition) is 7. The van der Waals surface area contributed by atoms with Crippen LogP contribution in [0, 0.1) is 0 Å². The number of carbonyl (C=O) groups excluding carboxylic acids is 2. The molecule has 7 N–H and O–H groups in total. The first-order chi connectivity index (χ1) is 26.0. The molecule has 2 amide bonds. The number of rotatable bonds is 22. The number of ether oxygens (including phenoxy) is 1. The topological polar surface area (TPSA) is 185 Å². The van der Waals surface area contributed by atoms with Gasteiger partial charge in [0.1, 0.15) is 30.2 Å². The number of aromatic nitrogens is 1. The largest absolute Gasteiger partial charge is 0.490 e. The van der Waals surface area contributed by atoms with Crippen molar-refractivity contribution in [3.63, 3.8) is 0 Å². The fourth-order valence-corrected chi connectivity index (χ4v) is 6.94. The van der Waals surface area contributed by atoms with Gasteiger partial charge in [-0.1, -0.05) is 48.9 Å². The van der Waals surface area contributed by atoms with Gasteiger partial charge < -0.3 is 45.8 Å². The van der Waals surface area contributed by atoms with E-state index in [4.69, 9.17) is 21.4 Å². The summed E-state index contributed by atoms with van der Waals surface area (Å²) in [5.41, 5.74) is 5.15. The minimum absolute atomic E-state index is 0.00102. The number of halogens is 1. The number of para-hydroxylation sites is 1. The average Bonchev–Trinajstić information content (AvgIpc) is 4.13. The standard InChI is InChI=1S/C41H55ClN4O8/c1-3-44-37(50)16-20-46(24-34(48)39(52)40(53)35(49)25-47)38(51)10-6-7-26(2)27-11-14-33(42)28(21-27)22-45-41(17-18-41)32-23-43-19-15-30(32)31-8-4-5-9-36(31)54-29-12-13-29/h4-5,8-9,11,14-15,19,21,23,26,29,34-35,39-40,45,47-49,52-53H,3,6-7,10,12-13,16-18,20,22,24-25H2,1-2H3,(H,44,50). The second kappa shape index (κ2) is 19.3. The van der Waals surface area contributed by atoms with Crippen molar-refractivity contribution in [2.24, 2.45) is 0 Å². The Labute approximate surface area is 322 Å². The van der Waals surface area contributed by atoms with E-state index in [-0.39, 0.29) is 55.3 Å². The highest BCUT2D eigenvalue weighted by atomic mass is 35.5. The molecule has 5 atom stereocenters. The highest BCUT2D eigenvalue weighted by Gasteiger charge is 2.46. The molecule has 0 radical (unpaired) electrons. The quantitative estimate of drug-likeness (QED) is 0.0795. The van der Waals surface area contributed by atoms with Crippen LogP contribution < -0.4 is 15.4 Å². The molecule has 2 saturated carbocycles. The summed E-state index contributed by atoms with van der Waals surface area (Å²) in [6.45, 7) is 3.69. The van der Waals surface area contributed by atoms with Gasteiger partial charge in [-0.15, -0.1) is 0 Å². The van der Waals surface area contributed by atoms with E-state index in [9.17, 15) is 30.0 Å². The molecule has 2 fully saturated rings. The molecule has 0 spiro atoms. The van der Waals surface area contributed by atoms with Crippen molar-refractivity contribution < 1.29 is 39.9 Å². The number of aliphatic hydroxyl groups is 5. The van der Waals surface area contributed by atoms with Gasteiger partial charge in [0.05, 0.1) is 12.7 Å². The lowest BCUT2D eigenvalue weighted by atomic mass is 9.93. The number of hydrogen-bond acceptors (Lipinski definition) is 10. The van der Waals surface area contributed by atoms with Crippen LogP contribution in [0.1, 0.15) is 87.8 Å². The molecule has 1 aromatic heterocycles. The Morgan fingerprint density at radius 1 is 1.02 bits per heavy atom. The fraction of sp³-hybridized carbons (Fsp3) is 0.537. The van der Waals surface area contributed by atoms with E-state index < -0.39 is 31.0 Å². The molecule has 12 nitrogen and oxygen atoms in total. The molecule has 3 aromatic rings. The van der Waals surface area contributed by atoms with Crippen LogP contribution in [-0.4, -0.2) is 104 Å². The van der Waals surface area contributed by atoms with Gasteiger partial charge in [-0.2, -0.15) is 0 Å². The lowest BCUT2D eigenvalue weighted by Gasteiger charge is -2.30. The van der Waals surface area contributed by atoms with Gasteiger partial charge in [0, 0.05) is 67.5 Å². The molecule has 2 aliphatic rings. The van der Waals surface area contributed by atoms with Gasteiger partial charge in [-0.05, 0) is 91.8 Å². The van der Waals surface area contributed by atoms with Crippen LogP contribution in [0.4, 0.5) is 0 Å². The minimum Gasteiger partial charge on any atom is -0.490 e. The molecule has 1 heterocycles. The first-order valence-corrected chi connectivity index (χ1v) is 19.5. The van der Waals surface area contributed by atoms with Gasteiger partial charge in [0.2, 0.25) is 11.8 Å². The maximum absolute atomic E-state index is 13.3. The third-order valence-corrected chi connectivity index (χ3v) is 10.8. The van der Waals surface area contributed by atoms with Crippen molar-refractivity contribution in [1.29, 1.82) is 0 Å². The molecule has 2 aliphatic carbocycles. The first kappa shape index (κ1) is 41.5. The molecule has 0 aliphatic heterocycles. The van der Waals surface area contributed by atoms with Crippen LogP contribution in [0.5, 0.6) is 5.75 Å². The smallest absolute Gasteiger partial charge is 0.222 e. The lowest BCUT2D eigenvalue weighted by Crippen LogP contribution is -2.51. The van der Waals surface area contributed by atoms with Gasteiger partial charge in [-0.3, -0.25) is 14.6 Å². The Morgan fingerprint density at radius 3 is 2.46 bits per heavy atom. The number of nitrogens with one attached hydrogen (secondary N) is 2. The SMILES string of the molecule is CCNC(=O)CCN(CC(O)C(O)C(O)C(O)CO)C(=O)CCCC(C)c1ccc(Cl)c(CNC2(c3cnccc3-c3ccccc3OC3CC3)CC2)c1. The molecule has 5 rings (SSSR count). The zero-order chi connectivity index (χ0) is 38.8. The van der Waals surface area contributed by atoms with E-state index in [1.165, 1.54) is 4.90 Å². The van der Waals surface area contributed by atoms with Crippen LogP contribution in [0.3, 0.4) is 0 Å². The third-order valence-electron chi connectivity index (χ3n) is 10.4. The number of nitrogens with zero attached hydrogens (tertiary/aromatic N) is 2. The maximum atomic E-state index is 13.3. The fourth-order valence-electron chi connectivity index (χ4n) is 6.76. The normalized spacial score (nSPS) is 17.6. The van der Waals surface area contributed by atoms with Crippen molar-refractivity contribution in [3.05, 3.63) is 82.6 Å². The van der Waals surface area contributed by atoms with Crippen molar-refractivity contribution in [1.82, 2.24) is 20.5 Å². The summed E-state index contributed by atoms with van der Waals surface area (Å²) in [6, 6.07) is 16.3. The Balaban J connectivity index is 1.19. The molecule has 5 unspecified atom stereocenters. The Morgan fingerprint density at radius 2 is 1.76 bits per heavy atom. The summed E-state index contributed by atoms with van der Waals surface area (Å²) in [5.74, 6) is 0.415. The van der Waals surface area contributed by atoms with E-state index in [1.807, 2.05) is 42.7 Å². The monoisotopic (exact) mass is 766 g/mol. The summed E-state index contributed by atoms with van der Waals surface area (Å²) in [4.78, 5) is 31.3. The highest BCUT2D eigenvalue weighted by molar-refractivity contribution is 6.31. The Bertz CT molecular complexity index is 1700. The Hall–Kier alpha value is -3.62. The van der Waals surface area contributed by atoms with E-state index in [0.29, 0.717) is 31.0 Å². The lowest BCUT2D eigenvalue weighted by molar-refractivity contribution is -0.140. The molecule has 54 heavy (non-hydrogen) atoms. The average molecular weight is 767 g/mol. The molecule has 294 valence electrons. The predicted molar refractivity (Wildman–Crippen MR) is 206 cm³/mol. The summed E-state index contributed by atoms with van der Waals surface area (Å²) in [6.07, 6.45) is 2.62. The molecular weight excluding hydrogens is 712 g/mol. The van der Waals surface area contributed by atoms with Crippen molar-refractivity contribution in [3.8, 4) is 16.9 Å². The van der Waals surface area contributed by atoms with Gasteiger partial charge in [0.25, 0.3) is 0 Å². The van der Waals surface area contributed by atoms with Crippen LogP contribution >= 0.6 is 11.6 Å². The third kappa shape index (κ3) is 11.0. The second-order valence-electron chi connectivity index (χ2n) is 14.7. The predicted octanol–water partition coefficient (Wildman–Crippen LogP) is 3.79. The summed E-state index contributed by atoms with van der Waals surface area (Å²) in [5, 5.41) is 56.9.